The summed E-state index contributed by atoms with van der Waals surface area (Å²) < 4.78 is 6.36. The standard InChI is InChI=1S/C21H30O2/c1-5-6-7-8-15-12-18(22)20-16-11-14(2)9-10-17(16)21(3,4)23-19(20)13-15/h11-13,16-17,22H,5-10H2,1-4H3/t16-,17?/m0/s1. The van der Waals surface area contributed by atoms with Gasteiger partial charge >= 0.3 is 0 Å². The molecule has 2 aliphatic rings. The molecule has 1 aliphatic heterocycles. The van der Waals surface area contributed by atoms with Crippen molar-refractivity contribution < 1.29 is 9.84 Å². The highest BCUT2D eigenvalue weighted by molar-refractivity contribution is 5.53. The fourth-order valence-electron chi connectivity index (χ4n) is 4.30. The third-order valence-corrected chi connectivity index (χ3v) is 5.60. The van der Waals surface area contributed by atoms with E-state index in [1.807, 2.05) is 6.07 Å². The van der Waals surface area contributed by atoms with Gasteiger partial charge in [0.15, 0.2) is 0 Å². The number of ether oxygens (including phenoxy) is 1. The summed E-state index contributed by atoms with van der Waals surface area (Å²) in [5.41, 5.74) is 3.46. The number of hydrogen-bond acceptors (Lipinski definition) is 2. The van der Waals surface area contributed by atoms with Crippen molar-refractivity contribution >= 4 is 0 Å². The van der Waals surface area contributed by atoms with Gasteiger partial charge in [0.1, 0.15) is 17.1 Å². The van der Waals surface area contributed by atoms with E-state index in [4.69, 9.17) is 4.74 Å². The van der Waals surface area contributed by atoms with Gasteiger partial charge in [-0.25, -0.2) is 0 Å². The third-order valence-electron chi connectivity index (χ3n) is 5.60. The van der Waals surface area contributed by atoms with Crippen molar-refractivity contribution in [3.8, 4) is 11.5 Å². The van der Waals surface area contributed by atoms with Crippen molar-refractivity contribution in [2.75, 3.05) is 0 Å². The molecule has 0 bridgehead atoms. The van der Waals surface area contributed by atoms with E-state index in [-0.39, 0.29) is 11.5 Å². The van der Waals surface area contributed by atoms with Gasteiger partial charge < -0.3 is 9.84 Å². The second-order valence-corrected chi connectivity index (χ2v) is 7.87. The smallest absolute Gasteiger partial charge is 0.127 e. The normalized spacial score (nSPS) is 25.1. The zero-order valence-electron chi connectivity index (χ0n) is 15.0. The first-order chi connectivity index (χ1) is 10.9. The summed E-state index contributed by atoms with van der Waals surface area (Å²) in [5, 5.41) is 10.7. The molecular formula is C21H30O2. The summed E-state index contributed by atoms with van der Waals surface area (Å²) in [6.45, 7) is 8.81. The fraction of sp³-hybridized carbons (Fsp3) is 0.619. The van der Waals surface area contributed by atoms with Crippen LogP contribution in [0.5, 0.6) is 11.5 Å². The number of rotatable bonds is 4. The van der Waals surface area contributed by atoms with Gasteiger partial charge in [-0.1, -0.05) is 31.4 Å². The van der Waals surface area contributed by atoms with Crippen molar-refractivity contribution in [2.45, 2.75) is 77.7 Å². The Morgan fingerprint density at radius 1 is 1.26 bits per heavy atom. The Kier molecular flexibility index (Phi) is 4.44. The summed E-state index contributed by atoms with van der Waals surface area (Å²) in [6.07, 6.45) is 9.26. The zero-order valence-corrected chi connectivity index (χ0v) is 15.0. The topological polar surface area (TPSA) is 29.5 Å². The molecule has 0 saturated carbocycles. The Morgan fingerprint density at radius 2 is 2.04 bits per heavy atom. The summed E-state index contributed by atoms with van der Waals surface area (Å²) in [5.74, 6) is 2.04. The van der Waals surface area contributed by atoms with E-state index in [0.717, 1.165) is 30.6 Å². The Labute approximate surface area is 140 Å². The molecule has 1 N–H and O–H groups in total. The van der Waals surface area contributed by atoms with Crippen molar-refractivity contribution in [2.24, 2.45) is 5.92 Å². The Bertz CT molecular complexity index is 613. The molecule has 1 aliphatic carbocycles. The highest BCUT2D eigenvalue weighted by Crippen LogP contribution is 2.53. The molecule has 0 spiro atoms. The van der Waals surface area contributed by atoms with Gasteiger partial charge in [-0.2, -0.15) is 0 Å². The van der Waals surface area contributed by atoms with E-state index in [1.165, 1.54) is 30.4 Å². The van der Waals surface area contributed by atoms with E-state index >= 15 is 0 Å². The lowest BCUT2D eigenvalue weighted by Crippen LogP contribution is -2.45. The lowest BCUT2D eigenvalue weighted by atomic mass is 9.68. The lowest BCUT2D eigenvalue weighted by molar-refractivity contribution is 0.0107. The van der Waals surface area contributed by atoms with Crippen LogP contribution in [0.15, 0.2) is 23.8 Å². The molecule has 1 unspecified atom stereocenters. The van der Waals surface area contributed by atoms with Crippen LogP contribution in [0.1, 0.15) is 76.8 Å². The molecule has 0 radical (unpaired) electrons. The van der Waals surface area contributed by atoms with Gasteiger partial charge in [0.2, 0.25) is 0 Å². The molecule has 23 heavy (non-hydrogen) atoms. The molecule has 1 aromatic rings. The zero-order chi connectivity index (χ0) is 16.6. The summed E-state index contributed by atoms with van der Waals surface area (Å²) in [7, 11) is 0. The van der Waals surface area contributed by atoms with Gasteiger partial charge in [-0.3, -0.25) is 0 Å². The molecule has 0 amide bonds. The SMILES string of the molecule is CCCCCc1cc(O)c2c(c1)OC(C)(C)C1CCC(C)=C[C@H]21. The van der Waals surface area contributed by atoms with Gasteiger partial charge in [0, 0.05) is 17.4 Å². The van der Waals surface area contributed by atoms with E-state index in [2.05, 4.69) is 39.8 Å². The Hall–Kier alpha value is -1.44. The van der Waals surface area contributed by atoms with Crippen molar-refractivity contribution in [3.05, 3.63) is 34.9 Å². The number of allylic oxidation sites excluding steroid dienone is 2. The van der Waals surface area contributed by atoms with Gasteiger partial charge in [0.05, 0.1) is 0 Å². The summed E-state index contributed by atoms with van der Waals surface area (Å²) in [6, 6.07) is 4.13. The van der Waals surface area contributed by atoms with Crippen LogP contribution in [0.3, 0.4) is 0 Å². The van der Waals surface area contributed by atoms with E-state index in [0.29, 0.717) is 11.7 Å². The summed E-state index contributed by atoms with van der Waals surface area (Å²) in [4.78, 5) is 0. The maximum Gasteiger partial charge on any atom is 0.127 e. The number of phenolic OH excluding ortho intramolecular Hbond substituents is 1. The van der Waals surface area contributed by atoms with E-state index < -0.39 is 0 Å². The average molecular weight is 314 g/mol. The van der Waals surface area contributed by atoms with Crippen LogP contribution in [0.4, 0.5) is 0 Å². The lowest BCUT2D eigenvalue weighted by Gasteiger charge is -2.46. The minimum atomic E-state index is -0.177. The van der Waals surface area contributed by atoms with Crippen molar-refractivity contribution in [3.63, 3.8) is 0 Å². The monoisotopic (exact) mass is 314 g/mol. The average Bonchev–Trinajstić information content (AvgIpc) is 2.46. The van der Waals surface area contributed by atoms with Crippen LogP contribution in [-0.4, -0.2) is 10.7 Å². The van der Waals surface area contributed by atoms with Gasteiger partial charge in [-0.15, -0.1) is 0 Å². The van der Waals surface area contributed by atoms with Crippen LogP contribution < -0.4 is 4.74 Å². The van der Waals surface area contributed by atoms with Crippen molar-refractivity contribution in [1.29, 1.82) is 0 Å². The number of unbranched alkanes of at least 4 members (excludes halogenated alkanes) is 2. The maximum absolute atomic E-state index is 10.7. The Balaban J connectivity index is 1.99. The molecule has 2 nitrogen and oxygen atoms in total. The van der Waals surface area contributed by atoms with Crippen LogP contribution in [-0.2, 0) is 6.42 Å². The van der Waals surface area contributed by atoms with Gasteiger partial charge in [-0.05, 0) is 64.2 Å². The predicted octanol–water partition coefficient (Wildman–Crippen LogP) is 5.74. The number of phenols is 1. The minimum absolute atomic E-state index is 0.177. The highest BCUT2D eigenvalue weighted by Gasteiger charge is 2.45. The van der Waals surface area contributed by atoms with E-state index in [9.17, 15) is 5.11 Å². The molecule has 126 valence electrons. The number of benzene rings is 1. The first-order valence-corrected chi connectivity index (χ1v) is 9.14. The largest absolute Gasteiger partial charge is 0.507 e. The molecule has 0 saturated heterocycles. The fourth-order valence-corrected chi connectivity index (χ4v) is 4.30. The molecule has 1 aromatic carbocycles. The first-order valence-electron chi connectivity index (χ1n) is 9.14. The summed E-state index contributed by atoms with van der Waals surface area (Å²) >= 11 is 0. The quantitative estimate of drug-likeness (QED) is 0.567. The molecule has 0 aromatic heterocycles. The van der Waals surface area contributed by atoms with Crippen molar-refractivity contribution in [1.82, 2.24) is 0 Å². The Morgan fingerprint density at radius 3 is 2.78 bits per heavy atom. The van der Waals surface area contributed by atoms with E-state index in [1.54, 1.807) is 0 Å². The van der Waals surface area contributed by atoms with Crippen LogP contribution in [0.2, 0.25) is 0 Å². The second kappa shape index (κ2) is 6.22. The van der Waals surface area contributed by atoms with Crippen LogP contribution >= 0.6 is 0 Å². The number of hydrogen-bond donors (Lipinski definition) is 1. The molecule has 0 fully saturated rings. The first kappa shape index (κ1) is 16.4. The van der Waals surface area contributed by atoms with Crippen LogP contribution in [0.25, 0.3) is 0 Å². The van der Waals surface area contributed by atoms with Crippen LogP contribution in [0, 0.1) is 5.92 Å². The third kappa shape index (κ3) is 3.13. The number of aryl methyl sites for hydroxylation is 1. The predicted molar refractivity (Wildman–Crippen MR) is 95.3 cm³/mol. The molecule has 2 atom stereocenters. The number of aromatic hydroxyl groups is 1. The minimum Gasteiger partial charge on any atom is -0.507 e. The van der Waals surface area contributed by atoms with Gasteiger partial charge in [0.25, 0.3) is 0 Å². The molecule has 3 rings (SSSR count). The maximum atomic E-state index is 10.7. The number of fused-ring (bicyclic) bond motifs is 3. The molecule has 2 heteroatoms. The second-order valence-electron chi connectivity index (χ2n) is 7.87. The molecule has 1 heterocycles. The molecular weight excluding hydrogens is 284 g/mol. The highest BCUT2D eigenvalue weighted by atomic mass is 16.5.